The summed E-state index contributed by atoms with van der Waals surface area (Å²) in [5.74, 6) is -1.62. The number of nitrogens with zero attached hydrogens (tertiary/aromatic N) is 1. The van der Waals surface area contributed by atoms with Crippen LogP contribution >= 0.6 is 0 Å². The fourth-order valence-corrected chi connectivity index (χ4v) is 2.35. The SMILES string of the molecule is O=C(O)Cc1cccc(NC(=O)c2n[nH]c3ccccc3c2=O)c1. The number of hydrogen-bond acceptors (Lipinski definition) is 4. The van der Waals surface area contributed by atoms with Gasteiger partial charge in [-0.05, 0) is 29.8 Å². The molecule has 7 heteroatoms. The first-order chi connectivity index (χ1) is 11.5. The van der Waals surface area contributed by atoms with Gasteiger partial charge in [-0.2, -0.15) is 5.10 Å². The molecule has 0 bridgehead atoms. The van der Waals surface area contributed by atoms with E-state index in [4.69, 9.17) is 5.11 Å². The maximum atomic E-state index is 12.4. The second kappa shape index (κ2) is 6.33. The van der Waals surface area contributed by atoms with Gasteiger partial charge < -0.3 is 10.4 Å². The van der Waals surface area contributed by atoms with Crippen molar-refractivity contribution in [2.24, 2.45) is 0 Å². The molecule has 2 aromatic carbocycles. The number of aromatic nitrogens is 2. The summed E-state index contributed by atoms with van der Waals surface area (Å²) in [5, 5.41) is 18.3. The first kappa shape index (κ1) is 15.4. The number of carbonyl (C=O) groups is 2. The third-order valence-electron chi connectivity index (χ3n) is 3.43. The number of amides is 1. The molecule has 0 aliphatic rings. The Bertz CT molecular complexity index is 994. The van der Waals surface area contributed by atoms with Crippen molar-refractivity contribution in [1.82, 2.24) is 10.2 Å². The van der Waals surface area contributed by atoms with Gasteiger partial charge in [-0.15, -0.1) is 0 Å². The Hall–Kier alpha value is -3.48. The number of aromatic amines is 1. The van der Waals surface area contributed by atoms with E-state index in [1.807, 2.05) is 0 Å². The van der Waals surface area contributed by atoms with Crippen molar-refractivity contribution < 1.29 is 14.7 Å². The minimum absolute atomic E-state index is 0.154. The van der Waals surface area contributed by atoms with Gasteiger partial charge in [-0.1, -0.05) is 24.3 Å². The number of hydrogen-bond donors (Lipinski definition) is 3. The highest BCUT2D eigenvalue weighted by Gasteiger charge is 2.15. The van der Waals surface area contributed by atoms with E-state index in [-0.39, 0.29) is 12.1 Å². The van der Waals surface area contributed by atoms with Crippen molar-refractivity contribution in [1.29, 1.82) is 0 Å². The second-order valence-electron chi connectivity index (χ2n) is 5.17. The molecule has 3 N–H and O–H groups in total. The van der Waals surface area contributed by atoms with Crippen LogP contribution in [-0.4, -0.2) is 27.2 Å². The van der Waals surface area contributed by atoms with E-state index in [0.29, 0.717) is 22.2 Å². The Kier molecular flexibility index (Phi) is 4.07. The van der Waals surface area contributed by atoms with Crippen molar-refractivity contribution in [3.63, 3.8) is 0 Å². The van der Waals surface area contributed by atoms with E-state index >= 15 is 0 Å². The summed E-state index contributed by atoms with van der Waals surface area (Å²) in [6, 6.07) is 13.2. The van der Waals surface area contributed by atoms with Crippen LogP contribution in [0.3, 0.4) is 0 Å². The standard InChI is InChI=1S/C17H13N3O4/c21-14(22)9-10-4-3-5-11(8-10)18-17(24)15-16(23)12-6-1-2-7-13(12)19-20-15/h1-8H,9H2,(H,18,24)(H,19,23)(H,21,22). The molecule has 3 aromatic rings. The molecule has 0 aliphatic heterocycles. The minimum atomic E-state index is -0.967. The Morgan fingerprint density at radius 1 is 1.12 bits per heavy atom. The van der Waals surface area contributed by atoms with Crippen LogP contribution in [0.4, 0.5) is 5.69 Å². The van der Waals surface area contributed by atoms with E-state index in [1.165, 1.54) is 0 Å². The minimum Gasteiger partial charge on any atom is -0.481 e. The zero-order valence-corrected chi connectivity index (χ0v) is 12.4. The average molecular weight is 323 g/mol. The number of fused-ring (bicyclic) bond motifs is 1. The number of carboxylic acids is 1. The number of rotatable bonds is 4. The van der Waals surface area contributed by atoms with Crippen molar-refractivity contribution in [2.45, 2.75) is 6.42 Å². The van der Waals surface area contributed by atoms with Gasteiger partial charge in [0.25, 0.3) is 5.91 Å². The highest BCUT2D eigenvalue weighted by Crippen LogP contribution is 2.12. The average Bonchev–Trinajstić information content (AvgIpc) is 2.55. The summed E-state index contributed by atoms with van der Waals surface area (Å²) in [6.45, 7) is 0. The first-order valence-corrected chi connectivity index (χ1v) is 7.14. The van der Waals surface area contributed by atoms with Crippen LogP contribution in [0.5, 0.6) is 0 Å². The number of carbonyl (C=O) groups excluding carboxylic acids is 1. The third-order valence-corrected chi connectivity index (χ3v) is 3.43. The van der Waals surface area contributed by atoms with Gasteiger partial charge in [0.1, 0.15) is 0 Å². The molecule has 0 spiro atoms. The topological polar surface area (TPSA) is 112 Å². The highest BCUT2D eigenvalue weighted by atomic mass is 16.4. The van der Waals surface area contributed by atoms with Crippen LogP contribution in [0.25, 0.3) is 10.9 Å². The molecular weight excluding hydrogens is 310 g/mol. The monoisotopic (exact) mass is 323 g/mol. The number of carboxylic acid groups (broad SMARTS) is 1. The predicted molar refractivity (Wildman–Crippen MR) is 88.1 cm³/mol. The van der Waals surface area contributed by atoms with Crippen LogP contribution in [0.2, 0.25) is 0 Å². The number of para-hydroxylation sites is 1. The van der Waals surface area contributed by atoms with Gasteiger partial charge >= 0.3 is 5.97 Å². The number of benzene rings is 2. The van der Waals surface area contributed by atoms with Gasteiger partial charge in [0.2, 0.25) is 5.43 Å². The molecule has 120 valence electrons. The summed E-state index contributed by atoms with van der Waals surface area (Å²) in [5.41, 5.74) is 0.761. The highest BCUT2D eigenvalue weighted by molar-refractivity contribution is 6.04. The first-order valence-electron chi connectivity index (χ1n) is 7.14. The number of nitrogens with one attached hydrogen (secondary N) is 2. The van der Waals surface area contributed by atoms with Crippen LogP contribution in [-0.2, 0) is 11.2 Å². The predicted octanol–water partition coefficient (Wildman–Crippen LogP) is 1.80. The lowest BCUT2D eigenvalue weighted by atomic mass is 10.1. The molecule has 0 unspecified atom stereocenters. The molecule has 0 saturated carbocycles. The fraction of sp³-hybridized carbons (Fsp3) is 0.0588. The lowest BCUT2D eigenvalue weighted by Crippen LogP contribution is -2.24. The molecule has 0 atom stereocenters. The van der Waals surface area contributed by atoms with Gasteiger partial charge in [0.05, 0.1) is 11.9 Å². The third kappa shape index (κ3) is 3.14. The Morgan fingerprint density at radius 2 is 1.92 bits per heavy atom. The molecular formula is C17H13N3O4. The number of H-pyrrole nitrogens is 1. The largest absolute Gasteiger partial charge is 0.481 e. The van der Waals surface area contributed by atoms with Crippen LogP contribution in [0.15, 0.2) is 53.3 Å². The van der Waals surface area contributed by atoms with E-state index in [1.54, 1.807) is 48.5 Å². The Labute approximate surface area is 136 Å². The molecule has 1 aromatic heterocycles. The van der Waals surface area contributed by atoms with Gasteiger partial charge in [-0.25, -0.2) is 0 Å². The van der Waals surface area contributed by atoms with E-state index in [2.05, 4.69) is 15.5 Å². The van der Waals surface area contributed by atoms with Crippen molar-refractivity contribution >= 4 is 28.5 Å². The lowest BCUT2D eigenvalue weighted by Gasteiger charge is -2.06. The van der Waals surface area contributed by atoms with Crippen molar-refractivity contribution in [2.75, 3.05) is 5.32 Å². The fourth-order valence-electron chi connectivity index (χ4n) is 2.35. The summed E-state index contributed by atoms with van der Waals surface area (Å²) in [4.78, 5) is 35.4. The van der Waals surface area contributed by atoms with Crippen molar-refractivity contribution in [3.8, 4) is 0 Å². The van der Waals surface area contributed by atoms with Crippen LogP contribution in [0.1, 0.15) is 16.1 Å². The van der Waals surface area contributed by atoms with Crippen LogP contribution < -0.4 is 10.7 Å². The molecule has 0 radical (unpaired) electrons. The maximum Gasteiger partial charge on any atom is 0.307 e. The normalized spacial score (nSPS) is 10.5. The molecule has 0 fully saturated rings. The summed E-state index contributed by atoms with van der Waals surface area (Å²) < 4.78 is 0. The van der Waals surface area contributed by atoms with E-state index in [0.717, 1.165) is 0 Å². The summed E-state index contributed by atoms with van der Waals surface area (Å²) in [7, 11) is 0. The molecule has 0 saturated heterocycles. The zero-order chi connectivity index (χ0) is 17.1. The maximum absolute atomic E-state index is 12.4. The van der Waals surface area contributed by atoms with E-state index < -0.39 is 17.3 Å². The molecule has 3 rings (SSSR count). The smallest absolute Gasteiger partial charge is 0.307 e. The van der Waals surface area contributed by atoms with Gasteiger partial charge in [0, 0.05) is 11.1 Å². The second-order valence-corrected chi connectivity index (χ2v) is 5.17. The Balaban J connectivity index is 1.89. The quantitative estimate of drug-likeness (QED) is 0.678. The zero-order valence-electron chi connectivity index (χ0n) is 12.4. The lowest BCUT2D eigenvalue weighted by molar-refractivity contribution is -0.136. The summed E-state index contributed by atoms with van der Waals surface area (Å²) in [6.07, 6.45) is -0.154. The van der Waals surface area contributed by atoms with Gasteiger partial charge in [-0.3, -0.25) is 19.5 Å². The van der Waals surface area contributed by atoms with Crippen molar-refractivity contribution in [3.05, 3.63) is 70.0 Å². The molecule has 7 nitrogen and oxygen atoms in total. The number of anilines is 1. The van der Waals surface area contributed by atoms with Crippen LogP contribution in [0, 0.1) is 0 Å². The van der Waals surface area contributed by atoms with E-state index in [9.17, 15) is 14.4 Å². The number of aliphatic carboxylic acids is 1. The van der Waals surface area contributed by atoms with Gasteiger partial charge in [0.15, 0.2) is 5.69 Å². The molecule has 1 amide bonds. The summed E-state index contributed by atoms with van der Waals surface area (Å²) >= 11 is 0. The Morgan fingerprint density at radius 3 is 2.71 bits per heavy atom. The molecule has 1 heterocycles. The molecule has 24 heavy (non-hydrogen) atoms. The molecule has 0 aliphatic carbocycles.